The number of nitrogens with one attached hydrogen (secondary N) is 1. The Kier molecular flexibility index (Phi) is 5.32. The number of benzene rings is 1. The van der Waals surface area contributed by atoms with E-state index in [1.54, 1.807) is 23.8 Å². The summed E-state index contributed by atoms with van der Waals surface area (Å²) in [5, 5.41) is 3.19. The molecule has 2 aromatic rings. The number of halogens is 2. The van der Waals surface area contributed by atoms with Crippen molar-refractivity contribution in [2.45, 2.75) is 33.1 Å². The van der Waals surface area contributed by atoms with Gasteiger partial charge < -0.3 is 14.8 Å². The topological polar surface area (TPSA) is 43.4 Å². The van der Waals surface area contributed by atoms with Gasteiger partial charge in [-0.1, -0.05) is 0 Å². The molecule has 1 N–H and O–H groups in total. The summed E-state index contributed by atoms with van der Waals surface area (Å²) in [4.78, 5) is 5.07. The predicted octanol–water partition coefficient (Wildman–Crippen LogP) is 4.14. The highest BCUT2D eigenvalue weighted by molar-refractivity contribution is 7.09. The monoisotopic (exact) mass is 314 g/mol. The van der Waals surface area contributed by atoms with Gasteiger partial charge in [0.05, 0.1) is 18.2 Å². The summed E-state index contributed by atoms with van der Waals surface area (Å²) in [5.74, 6) is 0.321. The van der Waals surface area contributed by atoms with Crippen LogP contribution in [0.15, 0.2) is 29.9 Å². The smallest absolute Gasteiger partial charge is 0.387 e. The standard InChI is InChI=1S/C14H16F2N2O2S/c1-9(2)19-13-5-10(3-4-12(13)20-14(15)16)18-7-11-6-17-8-21-11/h3-6,8-9,14,18H,7H2,1-2H3. The average Bonchev–Trinajstić information content (AvgIpc) is 2.91. The van der Waals surface area contributed by atoms with Gasteiger partial charge in [0, 0.05) is 22.8 Å². The number of anilines is 1. The van der Waals surface area contributed by atoms with Crippen LogP contribution in [-0.4, -0.2) is 17.7 Å². The first-order valence-electron chi connectivity index (χ1n) is 6.41. The van der Waals surface area contributed by atoms with Gasteiger partial charge in [-0.05, 0) is 26.0 Å². The van der Waals surface area contributed by atoms with Gasteiger partial charge in [0.1, 0.15) is 0 Å². The van der Waals surface area contributed by atoms with Gasteiger partial charge in [0.15, 0.2) is 11.5 Å². The van der Waals surface area contributed by atoms with Crippen molar-refractivity contribution in [3.8, 4) is 11.5 Å². The Balaban J connectivity index is 2.11. The molecule has 0 aliphatic rings. The third-order valence-electron chi connectivity index (χ3n) is 2.47. The molecule has 7 heteroatoms. The van der Waals surface area contributed by atoms with Crippen LogP contribution in [0.25, 0.3) is 0 Å². The first-order chi connectivity index (χ1) is 10.0. The Bertz CT molecular complexity index is 562. The Hall–Kier alpha value is -1.89. The summed E-state index contributed by atoms with van der Waals surface area (Å²) in [5.41, 5.74) is 2.52. The van der Waals surface area contributed by atoms with Gasteiger partial charge in [-0.15, -0.1) is 11.3 Å². The summed E-state index contributed by atoms with van der Waals surface area (Å²) in [6.07, 6.45) is 1.64. The fraction of sp³-hybridized carbons (Fsp3) is 0.357. The van der Waals surface area contributed by atoms with Crippen LogP contribution in [0.3, 0.4) is 0 Å². The molecule has 0 unspecified atom stereocenters. The Morgan fingerprint density at radius 1 is 1.24 bits per heavy atom. The number of rotatable bonds is 7. The van der Waals surface area contributed by atoms with E-state index >= 15 is 0 Å². The second kappa shape index (κ2) is 7.21. The second-order valence-electron chi connectivity index (χ2n) is 4.53. The molecule has 4 nitrogen and oxygen atoms in total. The minimum Gasteiger partial charge on any atom is -0.487 e. The lowest BCUT2D eigenvalue weighted by Gasteiger charge is -2.16. The van der Waals surface area contributed by atoms with Crippen molar-refractivity contribution in [1.29, 1.82) is 0 Å². The maximum Gasteiger partial charge on any atom is 0.387 e. The van der Waals surface area contributed by atoms with Gasteiger partial charge in [0.25, 0.3) is 0 Å². The van der Waals surface area contributed by atoms with E-state index in [1.807, 2.05) is 13.8 Å². The van der Waals surface area contributed by atoms with Gasteiger partial charge >= 0.3 is 6.61 Å². The van der Waals surface area contributed by atoms with Crippen LogP contribution in [0.2, 0.25) is 0 Å². The number of nitrogens with zero attached hydrogens (tertiary/aromatic N) is 1. The third-order valence-corrected chi connectivity index (χ3v) is 3.25. The van der Waals surface area contributed by atoms with Crippen molar-refractivity contribution in [3.05, 3.63) is 34.8 Å². The van der Waals surface area contributed by atoms with E-state index in [9.17, 15) is 8.78 Å². The van der Waals surface area contributed by atoms with Crippen molar-refractivity contribution in [2.75, 3.05) is 5.32 Å². The lowest BCUT2D eigenvalue weighted by molar-refractivity contribution is -0.0518. The number of thiazole rings is 1. The molecule has 0 aliphatic heterocycles. The van der Waals surface area contributed by atoms with Crippen LogP contribution < -0.4 is 14.8 Å². The summed E-state index contributed by atoms with van der Waals surface area (Å²) < 4.78 is 34.7. The van der Waals surface area contributed by atoms with Gasteiger partial charge in [-0.2, -0.15) is 8.78 Å². The predicted molar refractivity (Wildman–Crippen MR) is 78.3 cm³/mol. The molecule has 1 aromatic heterocycles. The van der Waals surface area contributed by atoms with Gasteiger partial charge in [-0.25, -0.2) is 0 Å². The first kappa shape index (κ1) is 15.5. The van der Waals surface area contributed by atoms with E-state index in [4.69, 9.17) is 4.74 Å². The van der Waals surface area contributed by atoms with Crippen molar-refractivity contribution < 1.29 is 18.3 Å². The van der Waals surface area contributed by atoms with Gasteiger partial charge in [0.2, 0.25) is 0 Å². The van der Waals surface area contributed by atoms with E-state index in [-0.39, 0.29) is 11.9 Å². The number of aromatic nitrogens is 1. The molecule has 0 saturated heterocycles. The molecule has 0 aliphatic carbocycles. The minimum atomic E-state index is -2.88. The molecule has 21 heavy (non-hydrogen) atoms. The quantitative estimate of drug-likeness (QED) is 0.834. The number of alkyl halides is 2. The maximum absolute atomic E-state index is 12.4. The Labute approximate surface area is 125 Å². The zero-order valence-corrected chi connectivity index (χ0v) is 12.5. The van der Waals surface area contributed by atoms with E-state index in [0.717, 1.165) is 10.6 Å². The van der Waals surface area contributed by atoms with Crippen LogP contribution in [0, 0.1) is 0 Å². The van der Waals surface area contributed by atoms with E-state index in [1.165, 1.54) is 17.4 Å². The number of hydrogen-bond acceptors (Lipinski definition) is 5. The molecule has 0 atom stereocenters. The van der Waals surface area contributed by atoms with E-state index in [0.29, 0.717) is 12.3 Å². The van der Waals surface area contributed by atoms with Crippen LogP contribution >= 0.6 is 11.3 Å². The molecule has 0 saturated carbocycles. The highest BCUT2D eigenvalue weighted by Gasteiger charge is 2.13. The van der Waals surface area contributed by atoms with Crippen LogP contribution in [-0.2, 0) is 6.54 Å². The van der Waals surface area contributed by atoms with E-state index in [2.05, 4.69) is 15.0 Å². The van der Waals surface area contributed by atoms with Gasteiger partial charge in [-0.3, -0.25) is 4.98 Å². The van der Waals surface area contributed by atoms with Crippen molar-refractivity contribution in [1.82, 2.24) is 4.98 Å². The summed E-state index contributed by atoms with van der Waals surface area (Å²) >= 11 is 1.54. The largest absolute Gasteiger partial charge is 0.487 e. The molecular formula is C14H16F2N2O2S. The van der Waals surface area contributed by atoms with Crippen LogP contribution in [0.5, 0.6) is 11.5 Å². The molecule has 114 valence electrons. The van der Waals surface area contributed by atoms with Crippen molar-refractivity contribution >= 4 is 17.0 Å². The summed E-state index contributed by atoms with van der Waals surface area (Å²) in [7, 11) is 0. The molecule has 0 spiro atoms. The number of hydrogen-bond donors (Lipinski definition) is 1. The maximum atomic E-state index is 12.4. The molecule has 1 aromatic carbocycles. The Morgan fingerprint density at radius 2 is 2.05 bits per heavy atom. The highest BCUT2D eigenvalue weighted by Crippen LogP contribution is 2.32. The lowest BCUT2D eigenvalue weighted by Crippen LogP contribution is -2.10. The molecule has 2 rings (SSSR count). The average molecular weight is 314 g/mol. The second-order valence-corrected chi connectivity index (χ2v) is 5.50. The number of ether oxygens (including phenoxy) is 2. The molecule has 0 amide bonds. The fourth-order valence-corrected chi connectivity index (χ4v) is 2.21. The SMILES string of the molecule is CC(C)Oc1cc(NCc2cncs2)ccc1OC(F)F. The molecule has 1 heterocycles. The summed E-state index contributed by atoms with van der Waals surface area (Å²) in [6.45, 7) is 1.38. The lowest BCUT2D eigenvalue weighted by atomic mass is 10.2. The first-order valence-corrected chi connectivity index (χ1v) is 7.29. The third kappa shape index (κ3) is 4.86. The van der Waals surface area contributed by atoms with Crippen molar-refractivity contribution in [2.24, 2.45) is 0 Å². The summed E-state index contributed by atoms with van der Waals surface area (Å²) in [6, 6.07) is 4.80. The molecule has 0 bridgehead atoms. The fourth-order valence-electron chi connectivity index (χ4n) is 1.68. The van der Waals surface area contributed by atoms with Crippen LogP contribution in [0.4, 0.5) is 14.5 Å². The normalized spacial score (nSPS) is 11.0. The van der Waals surface area contributed by atoms with Crippen LogP contribution in [0.1, 0.15) is 18.7 Å². The minimum absolute atomic E-state index is 0.0297. The highest BCUT2D eigenvalue weighted by atomic mass is 32.1. The molecular weight excluding hydrogens is 298 g/mol. The van der Waals surface area contributed by atoms with Crippen molar-refractivity contribution in [3.63, 3.8) is 0 Å². The van der Waals surface area contributed by atoms with E-state index < -0.39 is 6.61 Å². The zero-order valence-electron chi connectivity index (χ0n) is 11.7. The zero-order chi connectivity index (χ0) is 15.2. The molecule has 0 radical (unpaired) electrons. The molecule has 0 fully saturated rings. The Morgan fingerprint density at radius 3 is 2.67 bits per heavy atom.